The summed E-state index contributed by atoms with van der Waals surface area (Å²) < 4.78 is 26.2. The zero-order valence-corrected chi connectivity index (χ0v) is 13.2. The van der Waals surface area contributed by atoms with E-state index in [-0.39, 0.29) is 17.1 Å². The van der Waals surface area contributed by atoms with Crippen molar-refractivity contribution in [1.82, 2.24) is 4.31 Å². The molecule has 108 valence electrons. The van der Waals surface area contributed by atoms with Gasteiger partial charge in [0.2, 0.25) is 15.9 Å². The lowest BCUT2D eigenvalue weighted by Gasteiger charge is -2.37. The van der Waals surface area contributed by atoms with Crippen LogP contribution < -0.4 is 5.32 Å². The highest BCUT2D eigenvalue weighted by Gasteiger charge is 2.46. The topological polar surface area (TPSA) is 66.5 Å². The van der Waals surface area contributed by atoms with Crippen LogP contribution in [0.5, 0.6) is 0 Å². The highest BCUT2D eigenvalue weighted by Crippen LogP contribution is 2.34. The van der Waals surface area contributed by atoms with Crippen molar-refractivity contribution in [2.24, 2.45) is 5.92 Å². The van der Waals surface area contributed by atoms with Gasteiger partial charge in [0.25, 0.3) is 0 Å². The minimum Gasteiger partial charge on any atom is -0.326 e. The molecule has 5 nitrogen and oxygen atoms in total. The Morgan fingerprint density at radius 2 is 1.80 bits per heavy atom. The maximum Gasteiger partial charge on any atom is 0.230 e. The zero-order valence-electron chi connectivity index (χ0n) is 10.8. The van der Waals surface area contributed by atoms with Crippen molar-refractivity contribution >= 4 is 37.5 Å². The number of anilines is 1. The Bertz CT molecular complexity index is 620. The third-order valence-electron chi connectivity index (χ3n) is 3.64. The first-order valence-electron chi connectivity index (χ1n) is 6.52. The molecule has 1 saturated carbocycles. The van der Waals surface area contributed by atoms with Crippen LogP contribution in [-0.4, -0.2) is 37.0 Å². The van der Waals surface area contributed by atoms with E-state index in [1.54, 1.807) is 12.1 Å². The quantitative estimate of drug-likeness (QED) is 0.892. The largest absolute Gasteiger partial charge is 0.326 e. The van der Waals surface area contributed by atoms with Crippen LogP contribution in [0.4, 0.5) is 5.69 Å². The molecule has 1 N–H and O–H groups in total. The molecule has 0 bridgehead atoms. The summed E-state index contributed by atoms with van der Waals surface area (Å²) in [6.07, 6.45) is 1.52. The van der Waals surface area contributed by atoms with E-state index in [1.807, 2.05) is 12.1 Å². The average molecular weight is 359 g/mol. The molecular formula is C13H15BrN2O3S. The van der Waals surface area contributed by atoms with Gasteiger partial charge in [0.05, 0.1) is 11.2 Å². The van der Waals surface area contributed by atoms with E-state index >= 15 is 0 Å². The minimum absolute atomic E-state index is 0.116. The molecule has 1 aliphatic heterocycles. The van der Waals surface area contributed by atoms with Crippen molar-refractivity contribution in [3.8, 4) is 0 Å². The van der Waals surface area contributed by atoms with Gasteiger partial charge in [-0.25, -0.2) is 8.42 Å². The molecule has 2 fully saturated rings. The van der Waals surface area contributed by atoms with E-state index in [9.17, 15) is 13.2 Å². The maximum atomic E-state index is 12.0. The van der Waals surface area contributed by atoms with E-state index in [0.29, 0.717) is 13.1 Å². The van der Waals surface area contributed by atoms with Gasteiger partial charge in [0.1, 0.15) is 0 Å². The van der Waals surface area contributed by atoms with Crippen molar-refractivity contribution in [2.75, 3.05) is 18.4 Å². The third kappa shape index (κ3) is 2.75. The highest BCUT2D eigenvalue weighted by molar-refractivity contribution is 9.10. The maximum absolute atomic E-state index is 12.0. The summed E-state index contributed by atoms with van der Waals surface area (Å²) in [6, 6.07) is 7.30. The van der Waals surface area contributed by atoms with Gasteiger partial charge in [-0.3, -0.25) is 4.79 Å². The number of hydrogen-bond acceptors (Lipinski definition) is 3. The van der Waals surface area contributed by atoms with Gasteiger partial charge < -0.3 is 5.32 Å². The first-order valence-corrected chi connectivity index (χ1v) is 8.82. The van der Waals surface area contributed by atoms with Gasteiger partial charge in [-0.05, 0) is 37.1 Å². The van der Waals surface area contributed by atoms with Crippen LogP contribution in [0.25, 0.3) is 0 Å². The van der Waals surface area contributed by atoms with E-state index in [0.717, 1.165) is 23.0 Å². The SMILES string of the molecule is O=C(Nc1ccc(Br)cc1)C1CN(S(=O)(=O)C2CC2)C1. The van der Waals surface area contributed by atoms with Crippen molar-refractivity contribution in [3.05, 3.63) is 28.7 Å². The number of halogens is 1. The van der Waals surface area contributed by atoms with Crippen LogP contribution in [0, 0.1) is 5.92 Å². The fourth-order valence-electron chi connectivity index (χ4n) is 2.17. The molecule has 1 aromatic carbocycles. The molecule has 1 aromatic rings. The van der Waals surface area contributed by atoms with Gasteiger partial charge in [-0.15, -0.1) is 0 Å². The predicted molar refractivity (Wildman–Crippen MR) is 79.8 cm³/mol. The number of carbonyl (C=O) groups is 1. The molecule has 1 saturated heterocycles. The lowest BCUT2D eigenvalue weighted by atomic mass is 10.0. The van der Waals surface area contributed by atoms with E-state index in [2.05, 4.69) is 21.2 Å². The molecule has 0 aromatic heterocycles. The number of carbonyl (C=O) groups excluding carboxylic acids is 1. The van der Waals surface area contributed by atoms with Gasteiger partial charge in [-0.1, -0.05) is 15.9 Å². The Morgan fingerprint density at radius 1 is 1.20 bits per heavy atom. The fourth-order valence-corrected chi connectivity index (χ4v) is 4.36. The van der Waals surface area contributed by atoms with Crippen molar-refractivity contribution < 1.29 is 13.2 Å². The van der Waals surface area contributed by atoms with Crippen LogP contribution in [-0.2, 0) is 14.8 Å². The van der Waals surface area contributed by atoms with Gasteiger partial charge in [-0.2, -0.15) is 4.31 Å². The van der Waals surface area contributed by atoms with E-state index < -0.39 is 10.0 Å². The monoisotopic (exact) mass is 358 g/mol. The standard InChI is InChI=1S/C13H15BrN2O3S/c14-10-1-3-11(4-2-10)15-13(17)9-7-16(8-9)20(18,19)12-5-6-12/h1-4,9,12H,5-8H2,(H,15,17). The van der Waals surface area contributed by atoms with E-state index in [1.165, 1.54) is 4.31 Å². The highest BCUT2D eigenvalue weighted by atomic mass is 79.9. The number of hydrogen-bond donors (Lipinski definition) is 1. The predicted octanol–water partition coefficient (Wildman–Crippen LogP) is 1.81. The van der Waals surface area contributed by atoms with Crippen LogP contribution in [0.3, 0.4) is 0 Å². The number of nitrogens with one attached hydrogen (secondary N) is 1. The third-order valence-corrected chi connectivity index (χ3v) is 6.50. The summed E-state index contributed by atoms with van der Waals surface area (Å²) in [7, 11) is -3.13. The lowest BCUT2D eigenvalue weighted by Crippen LogP contribution is -2.55. The summed E-state index contributed by atoms with van der Waals surface area (Å²) in [5.41, 5.74) is 0.724. The Balaban J connectivity index is 1.54. The van der Waals surface area contributed by atoms with Gasteiger partial charge in [0, 0.05) is 23.2 Å². The normalized spacial score (nSPS) is 20.4. The van der Waals surface area contributed by atoms with Crippen LogP contribution in [0.15, 0.2) is 28.7 Å². The Kier molecular flexibility index (Phi) is 3.60. The number of sulfonamides is 1. The molecule has 7 heteroatoms. The second-order valence-electron chi connectivity index (χ2n) is 5.25. The molecule has 1 heterocycles. The minimum atomic E-state index is -3.13. The summed E-state index contributed by atoms with van der Waals surface area (Å²) in [4.78, 5) is 12.0. The molecule has 3 rings (SSSR count). The summed E-state index contributed by atoms with van der Waals surface area (Å²) >= 11 is 3.33. The van der Waals surface area contributed by atoms with Crippen LogP contribution in [0.1, 0.15) is 12.8 Å². The van der Waals surface area contributed by atoms with Crippen molar-refractivity contribution in [3.63, 3.8) is 0 Å². The number of rotatable bonds is 4. The Morgan fingerprint density at radius 3 is 2.35 bits per heavy atom. The summed E-state index contributed by atoms with van der Waals surface area (Å²) in [6.45, 7) is 0.613. The van der Waals surface area contributed by atoms with Crippen LogP contribution in [0.2, 0.25) is 0 Å². The molecule has 2 aliphatic rings. The summed E-state index contributed by atoms with van der Waals surface area (Å²) in [5.74, 6) is -0.359. The summed E-state index contributed by atoms with van der Waals surface area (Å²) in [5, 5.41) is 2.61. The molecule has 0 radical (unpaired) electrons. The number of amides is 1. The van der Waals surface area contributed by atoms with E-state index in [4.69, 9.17) is 0 Å². The number of benzene rings is 1. The first-order chi connectivity index (χ1) is 9.46. The zero-order chi connectivity index (χ0) is 14.3. The molecule has 0 spiro atoms. The van der Waals surface area contributed by atoms with Crippen LogP contribution >= 0.6 is 15.9 Å². The van der Waals surface area contributed by atoms with Gasteiger partial charge >= 0.3 is 0 Å². The molecule has 0 atom stereocenters. The average Bonchev–Trinajstić information content (AvgIpc) is 3.14. The lowest BCUT2D eigenvalue weighted by molar-refractivity contribution is -0.122. The second kappa shape index (κ2) is 5.13. The molecular weight excluding hydrogens is 344 g/mol. The van der Waals surface area contributed by atoms with Crippen molar-refractivity contribution in [2.45, 2.75) is 18.1 Å². The molecule has 1 amide bonds. The Labute approximate surface area is 126 Å². The fraction of sp³-hybridized carbons (Fsp3) is 0.462. The first kappa shape index (κ1) is 14.0. The number of nitrogens with zero attached hydrogens (tertiary/aromatic N) is 1. The molecule has 20 heavy (non-hydrogen) atoms. The molecule has 1 aliphatic carbocycles. The van der Waals surface area contributed by atoms with Gasteiger partial charge in [0.15, 0.2) is 0 Å². The Hall–Kier alpha value is -0.920. The smallest absolute Gasteiger partial charge is 0.230 e. The molecule has 0 unspecified atom stereocenters. The second-order valence-corrected chi connectivity index (χ2v) is 8.38. The van der Waals surface area contributed by atoms with Crippen molar-refractivity contribution in [1.29, 1.82) is 0 Å².